The van der Waals surface area contributed by atoms with Gasteiger partial charge in [-0.3, -0.25) is 0 Å². The van der Waals surface area contributed by atoms with Gasteiger partial charge < -0.3 is 4.74 Å². The van der Waals surface area contributed by atoms with Gasteiger partial charge in [0.15, 0.2) is 0 Å². The predicted molar refractivity (Wildman–Crippen MR) is 76.0 cm³/mol. The maximum atomic E-state index is 5.17. The average Bonchev–Trinajstić information content (AvgIpc) is 2.40. The van der Waals surface area contributed by atoms with Crippen LogP contribution < -0.4 is 9.92 Å². The number of ether oxygens (including phenoxy) is 1. The van der Waals surface area contributed by atoms with Gasteiger partial charge in [0.2, 0.25) is 0 Å². The summed E-state index contributed by atoms with van der Waals surface area (Å²) in [6.45, 7) is 2.33. The highest BCUT2D eigenvalue weighted by Crippen LogP contribution is 2.13. The highest BCUT2D eigenvalue weighted by atomic mass is 28.2. The van der Waals surface area contributed by atoms with Crippen LogP contribution in [0.1, 0.15) is 18.0 Å². The van der Waals surface area contributed by atoms with E-state index in [1.807, 2.05) is 0 Å². The summed E-state index contributed by atoms with van der Waals surface area (Å²) in [7, 11) is 1.44. The first-order valence-electron chi connectivity index (χ1n) is 5.97. The van der Waals surface area contributed by atoms with E-state index in [2.05, 4.69) is 61.5 Å². The monoisotopic (exact) mass is 242 g/mol. The Morgan fingerprint density at radius 2 is 1.59 bits per heavy atom. The molecule has 0 saturated carbocycles. The van der Waals surface area contributed by atoms with Crippen molar-refractivity contribution in [3.8, 4) is 5.75 Å². The zero-order valence-electron chi connectivity index (χ0n) is 10.4. The number of hydrogen-bond acceptors (Lipinski definition) is 1. The van der Waals surface area contributed by atoms with Gasteiger partial charge in [0.25, 0.3) is 0 Å². The van der Waals surface area contributed by atoms with Crippen LogP contribution in [0.5, 0.6) is 5.75 Å². The largest absolute Gasteiger partial charge is 0.497 e. The summed E-state index contributed by atoms with van der Waals surface area (Å²) in [5.41, 5.74) is 2.14. The first-order valence-corrected chi connectivity index (χ1v) is 7.50. The van der Waals surface area contributed by atoms with E-state index >= 15 is 0 Å². The molecule has 0 bridgehead atoms. The number of benzene rings is 2. The fourth-order valence-electron chi connectivity index (χ4n) is 2.01. The van der Waals surface area contributed by atoms with Crippen LogP contribution in [0, 0.1) is 0 Å². The van der Waals surface area contributed by atoms with Gasteiger partial charge >= 0.3 is 0 Å². The molecule has 0 radical (unpaired) electrons. The summed E-state index contributed by atoms with van der Waals surface area (Å²) in [6, 6.07) is 19.3. The quantitative estimate of drug-likeness (QED) is 0.747. The van der Waals surface area contributed by atoms with Crippen molar-refractivity contribution in [3.63, 3.8) is 0 Å². The topological polar surface area (TPSA) is 9.23 Å². The molecule has 0 N–H and O–H groups in total. The molecule has 2 heteroatoms. The van der Waals surface area contributed by atoms with Crippen LogP contribution in [0.25, 0.3) is 0 Å². The van der Waals surface area contributed by atoms with Crippen molar-refractivity contribution >= 4 is 14.7 Å². The van der Waals surface area contributed by atoms with E-state index in [1.165, 1.54) is 10.8 Å². The van der Waals surface area contributed by atoms with E-state index in [1.54, 1.807) is 7.11 Å². The molecule has 2 aromatic carbocycles. The first kappa shape index (κ1) is 11.9. The van der Waals surface area contributed by atoms with Crippen LogP contribution in [-0.2, 0) is 0 Å². The Morgan fingerprint density at radius 1 is 0.941 bits per heavy atom. The van der Waals surface area contributed by atoms with Crippen LogP contribution in [0.2, 0.25) is 0 Å². The van der Waals surface area contributed by atoms with E-state index < -0.39 is 0 Å². The molecule has 0 aliphatic carbocycles. The molecule has 0 aromatic heterocycles. The molecule has 1 nitrogen and oxygen atoms in total. The van der Waals surface area contributed by atoms with Gasteiger partial charge in [-0.15, -0.1) is 0 Å². The van der Waals surface area contributed by atoms with Gasteiger partial charge in [-0.05, 0) is 23.2 Å². The van der Waals surface area contributed by atoms with Crippen LogP contribution >= 0.6 is 0 Å². The lowest BCUT2D eigenvalue weighted by molar-refractivity contribution is 0.415. The van der Waals surface area contributed by atoms with Crippen LogP contribution in [-0.4, -0.2) is 16.6 Å². The zero-order valence-corrected chi connectivity index (χ0v) is 11.8. The molecular weight excluding hydrogens is 224 g/mol. The lowest BCUT2D eigenvalue weighted by Crippen LogP contribution is -2.19. The third kappa shape index (κ3) is 3.20. The summed E-state index contributed by atoms with van der Waals surface area (Å²) in [5, 5.41) is 1.49. The normalized spacial score (nSPS) is 12.8. The Balaban J connectivity index is 2.05. The van der Waals surface area contributed by atoms with Gasteiger partial charge in [0.1, 0.15) is 5.75 Å². The van der Waals surface area contributed by atoms with Crippen molar-refractivity contribution in [2.45, 2.75) is 12.5 Å². The molecule has 0 aliphatic heterocycles. The third-order valence-electron chi connectivity index (χ3n) is 3.07. The van der Waals surface area contributed by atoms with Crippen molar-refractivity contribution in [2.24, 2.45) is 0 Å². The standard InChI is InChI=1S/C15H18OSi/c1-12(13-6-4-3-5-7-13)17-15-10-8-14(16-2)9-11-15/h3-12H,17H2,1-2H3/t12-/m0/s1. The average molecular weight is 242 g/mol. The molecule has 1 atom stereocenters. The minimum atomic E-state index is -0.265. The zero-order chi connectivity index (χ0) is 12.1. The Hall–Kier alpha value is -1.54. The van der Waals surface area contributed by atoms with Crippen molar-refractivity contribution in [1.82, 2.24) is 0 Å². The van der Waals surface area contributed by atoms with E-state index in [0.717, 1.165) is 5.75 Å². The first-order chi connectivity index (χ1) is 8.29. The van der Waals surface area contributed by atoms with Gasteiger partial charge in [-0.1, -0.05) is 54.6 Å². The van der Waals surface area contributed by atoms with Gasteiger partial charge in [-0.2, -0.15) is 0 Å². The number of hydrogen-bond donors (Lipinski definition) is 0. The highest BCUT2D eigenvalue weighted by Gasteiger charge is 2.06. The van der Waals surface area contributed by atoms with Crippen molar-refractivity contribution in [1.29, 1.82) is 0 Å². The molecule has 88 valence electrons. The summed E-state index contributed by atoms with van der Waals surface area (Å²) < 4.78 is 5.17. The Labute approximate surface area is 105 Å². The second-order valence-electron chi connectivity index (χ2n) is 4.36. The Morgan fingerprint density at radius 3 is 2.18 bits per heavy atom. The second kappa shape index (κ2) is 5.69. The fourth-order valence-corrected chi connectivity index (χ4v) is 3.74. The molecule has 0 amide bonds. The van der Waals surface area contributed by atoms with Crippen LogP contribution in [0.15, 0.2) is 54.6 Å². The van der Waals surface area contributed by atoms with Gasteiger partial charge in [0, 0.05) is 0 Å². The van der Waals surface area contributed by atoms with E-state index in [4.69, 9.17) is 4.74 Å². The van der Waals surface area contributed by atoms with Crippen LogP contribution in [0.3, 0.4) is 0 Å². The molecule has 17 heavy (non-hydrogen) atoms. The third-order valence-corrected chi connectivity index (χ3v) is 5.10. The minimum Gasteiger partial charge on any atom is -0.497 e. The molecule has 0 fully saturated rings. The lowest BCUT2D eigenvalue weighted by Gasteiger charge is -2.11. The minimum absolute atomic E-state index is 0.265. The molecule has 2 rings (SSSR count). The maximum Gasteiger partial charge on any atom is 0.118 e. The van der Waals surface area contributed by atoms with E-state index in [0.29, 0.717) is 5.54 Å². The van der Waals surface area contributed by atoms with Gasteiger partial charge in [-0.25, -0.2) is 0 Å². The molecule has 0 spiro atoms. The summed E-state index contributed by atoms with van der Waals surface area (Å²) in [5.74, 6) is 0.940. The van der Waals surface area contributed by atoms with Crippen molar-refractivity contribution in [3.05, 3.63) is 60.2 Å². The summed E-state index contributed by atoms with van der Waals surface area (Å²) in [6.07, 6.45) is 0. The van der Waals surface area contributed by atoms with Crippen molar-refractivity contribution in [2.75, 3.05) is 7.11 Å². The SMILES string of the molecule is COc1ccc([SiH2][C@@H](C)c2ccccc2)cc1. The number of methoxy groups -OCH3 is 1. The van der Waals surface area contributed by atoms with Gasteiger partial charge in [0.05, 0.1) is 16.6 Å². The van der Waals surface area contributed by atoms with E-state index in [-0.39, 0.29) is 9.52 Å². The number of rotatable bonds is 4. The molecule has 2 aromatic rings. The molecule has 0 aliphatic rings. The summed E-state index contributed by atoms with van der Waals surface area (Å²) >= 11 is 0. The summed E-state index contributed by atoms with van der Waals surface area (Å²) in [4.78, 5) is 0. The molecule has 0 saturated heterocycles. The highest BCUT2D eigenvalue weighted by molar-refractivity contribution is 6.54. The predicted octanol–water partition coefficient (Wildman–Crippen LogP) is 2.25. The molecular formula is C15H18OSi. The van der Waals surface area contributed by atoms with Crippen molar-refractivity contribution < 1.29 is 4.74 Å². The Bertz CT molecular complexity index is 450. The maximum absolute atomic E-state index is 5.17. The van der Waals surface area contributed by atoms with Crippen LogP contribution in [0.4, 0.5) is 0 Å². The van der Waals surface area contributed by atoms with E-state index in [9.17, 15) is 0 Å². The smallest absolute Gasteiger partial charge is 0.118 e. The Kier molecular flexibility index (Phi) is 3.99. The molecule has 0 unspecified atom stereocenters. The molecule has 0 heterocycles. The lowest BCUT2D eigenvalue weighted by atomic mass is 10.2. The second-order valence-corrected chi connectivity index (χ2v) is 6.81. The fraction of sp³-hybridized carbons (Fsp3) is 0.200.